The summed E-state index contributed by atoms with van der Waals surface area (Å²) >= 11 is 5.97. The largest absolute Gasteiger partial charge is 0.411 e. The van der Waals surface area contributed by atoms with Gasteiger partial charge in [0.15, 0.2) is 5.76 Å². The molecular formula is C17H17ClN2O. The van der Waals surface area contributed by atoms with Crippen molar-refractivity contribution in [2.75, 3.05) is 5.73 Å². The molecular weight excluding hydrogens is 284 g/mol. The molecule has 3 rings (SSSR count). The Bertz CT molecular complexity index is 658. The summed E-state index contributed by atoms with van der Waals surface area (Å²) in [6.45, 7) is 0. The van der Waals surface area contributed by atoms with E-state index in [0.29, 0.717) is 11.7 Å². The molecule has 1 aliphatic rings. The summed E-state index contributed by atoms with van der Waals surface area (Å²) in [5.41, 5.74) is 9.63. The van der Waals surface area contributed by atoms with Gasteiger partial charge in [0.05, 0.1) is 0 Å². The number of rotatable bonds is 4. The molecule has 2 aromatic rings. The monoisotopic (exact) mass is 300 g/mol. The van der Waals surface area contributed by atoms with Crippen LogP contribution in [0.3, 0.4) is 0 Å². The lowest BCUT2D eigenvalue weighted by Gasteiger charge is -2.14. The van der Waals surface area contributed by atoms with Gasteiger partial charge in [0.1, 0.15) is 0 Å². The van der Waals surface area contributed by atoms with Crippen LogP contribution in [0.15, 0.2) is 48.5 Å². The Balaban J connectivity index is 2.11. The highest BCUT2D eigenvalue weighted by Gasteiger charge is 2.31. The highest BCUT2D eigenvalue weighted by molar-refractivity contribution is 6.30. The predicted octanol–water partition coefficient (Wildman–Crippen LogP) is 4.09. The van der Waals surface area contributed by atoms with Crippen LogP contribution in [0.25, 0.3) is 11.3 Å². The second kappa shape index (κ2) is 5.80. The van der Waals surface area contributed by atoms with E-state index in [1.165, 1.54) is 0 Å². The van der Waals surface area contributed by atoms with Gasteiger partial charge in [-0.15, -0.1) is 0 Å². The molecule has 0 aliphatic heterocycles. The van der Waals surface area contributed by atoms with Crippen LogP contribution in [-0.2, 0) is 4.84 Å². The molecule has 3 nitrogen and oxygen atoms in total. The van der Waals surface area contributed by atoms with Crippen LogP contribution in [0.2, 0.25) is 5.02 Å². The zero-order valence-corrected chi connectivity index (χ0v) is 12.3. The Morgan fingerprint density at radius 1 is 0.952 bits per heavy atom. The number of nitrogen functional groups attached to an aromatic ring is 1. The molecule has 4 heteroatoms. The molecule has 0 amide bonds. The number of hydrogen-bond donors (Lipinski definition) is 2. The average Bonchev–Trinajstić information content (AvgIpc) is 3.32. The summed E-state index contributed by atoms with van der Waals surface area (Å²) in [5, 5.41) is 0.719. The molecule has 21 heavy (non-hydrogen) atoms. The van der Waals surface area contributed by atoms with E-state index in [-0.39, 0.29) is 0 Å². The SMILES string of the molecule is NO/C(=C(/c1ccc(Cl)cc1)C1CC1)c1ccc(N)cc1. The van der Waals surface area contributed by atoms with E-state index in [2.05, 4.69) is 0 Å². The van der Waals surface area contributed by atoms with E-state index in [0.717, 1.165) is 40.3 Å². The van der Waals surface area contributed by atoms with Crippen molar-refractivity contribution in [3.63, 3.8) is 0 Å². The smallest absolute Gasteiger partial charge is 0.158 e. The molecule has 0 spiro atoms. The van der Waals surface area contributed by atoms with Crippen molar-refractivity contribution >= 4 is 28.6 Å². The second-order valence-electron chi connectivity index (χ2n) is 5.26. The van der Waals surface area contributed by atoms with Crippen LogP contribution in [0.4, 0.5) is 5.69 Å². The van der Waals surface area contributed by atoms with Crippen LogP contribution in [0, 0.1) is 5.92 Å². The lowest BCUT2D eigenvalue weighted by molar-refractivity contribution is 0.291. The predicted molar refractivity (Wildman–Crippen MR) is 87.1 cm³/mol. The Labute approximate surface area is 129 Å². The molecule has 0 bridgehead atoms. The minimum atomic E-state index is 0.488. The molecule has 4 N–H and O–H groups in total. The second-order valence-corrected chi connectivity index (χ2v) is 5.70. The summed E-state index contributed by atoms with van der Waals surface area (Å²) in [4.78, 5) is 5.23. The van der Waals surface area contributed by atoms with Gasteiger partial charge in [-0.25, -0.2) is 0 Å². The molecule has 1 fully saturated rings. The molecule has 108 valence electrons. The van der Waals surface area contributed by atoms with Crippen molar-refractivity contribution < 1.29 is 4.84 Å². The maximum atomic E-state index is 5.97. The van der Waals surface area contributed by atoms with Crippen LogP contribution in [0.5, 0.6) is 0 Å². The molecule has 0 heterocycles. The lowest BCUT2D eigenvalue weighted by Crippen LogP contribution is -2.04. The van der Waals surface area contributed by atoms with Crippen LogP contribution < -0.4 is 11.6 Å². The van der Waals surface area contributed by atoms with Crippen molar-refractivity contribution in [1.82, 2.24) is 0 Å². The van der Waals surface area contributed by atoms with E-state index in [4.69, 9.17) is 28.1 Å². The summed E-state index contributed by atoms with van der Waals surface area (Å²) < 4.78 is 0. The quantitative estimate of drug-likeness (QED) is 0.387. The molecule has 2 aromatic carbocycles. The van der Waals surface area contributed by atoms with Gasteiger partial charge in [0.2, 0.25) is 0 Å². The molecule has 0 aromatic heterocycles. The molecule has 1 aliphatic carbocycles. The van der Waals surface area contributed by atoms with Crippen LogP contribution >= 0.6 is 11.6 Å². The standard InChI is InChI=1S/C17H17ClN2O/c18-14-7-3-12(4-8-14)16(11-1-2-11)17(21-20)13-5-9-15(19)10-6-13/h3-11H,1-2,19-20H2/b17-16+. The fourth-order valence-corrected chi connectivity index (χ4v) is 2.60. The zero-order valence-electron chi connectivity index (χ0n) is 11.6. The van der Waals surface area contributed by atoms with Gasteiger partial charge in [-0.2, -0.15) is 5.90 Å². The first-order valence-corrected chi connectivity index (χ1v) is 7.29. The van der Waals surface area contributed by atoms with E-state index in [1.807, 2.05) is 48.5 Å². The fourth-order valence-electron chi connectivity index (χ4n) is 2.48. The van der Waals surface area contributed by atoms with Gasteiger partial charge in [-0.1, -0.05) is 23.7 Å². The summed E-state index contributed by atoms with van der Waals surface area (Å²) in [6, 6.07) is 15.3. The number of hydrogen-bond acceptors (Lipinski definition) is 3. The van der Waals surface area contributed by atoms with Crippen molar-refractivity contribution in [2.24, 2.45) is 11.8 Å². The number of allylic oxidation sites excluding steroid dienone is 1. The van der Waals surface area contributed by atoms with Crippen LogP contribution in [-0.4, -0.2) is 0 Å². The fraction of sp³-hybridized carbons (Fsp3) is 0.176. The summed E-state index contributed by atoms with van der Waals surface area (Å²) in [6.07, 6.45) is 2.31. The molecule has 0 saturated heterocycles. The Morgan fingerprint density at radius 2 is 1.52 bits per heavy atom. The lowest BCUT2D eigenvalue weighted by atomic mass is 9.97. The number of halogens is 1. The third kappa shape index (κ3) is 3.04. The van der Waals surface area contributed by atoms with Crippen LogP contribution in [0.1, 0.15) is 24.0 Å². The zero-order chi connectivity index (χ0) is 14.8. The maximum Gasteiger partial charge on any atom is 0.158 e. The average molecular weight is 301 g/mol. The third-order valence-electron chi connectivity index (χ3n) is 3.68. The van der Waals surface area contributed by atoms with E-state index in [1.54, 1.807) is 0 Å². The first-order chi connectivity index (χ1) is 10.2. The van der Waals surface area contributed by atoms with Crippen molar-refractivity contribution in [1.29, 1.82) is 0 Å². The molecule has 0 unspecified atom stereocenters. The number of nitrogens with two attached hydrogens (primary N) is 2. The van der Waals surface area contributed by atoms with Gasteiger partial charge in [-0.05, 0) is 60.7 Å². The first kappa shape index (κ1) is 14.0. The topological polar surface area (TPSA) is 61.3 Å². The molecule has 0 atom stereocenters. The Kier molecular flexibility index (Phi) is 3.86. The number of benzene rings is 2. The van der Waals surface area contributed by atoms with E-state index < -0.39 is 0 Å². The first-order valence-electron chi connectivity index (χ1n) is 6.92. The summed E-state index contributed by atoms with van der Waals surface area (Å²) in [5.74, 6) is 6.76. The Morgan fingerprint density at radius 3 is 2.05 bits per heavy atom. The number of anilines is 1. The van der Waals surface area contributed by atoms with Crippen molar-refractivity contribution in [3.05, 3.63) is 64.7 Å². The third-order valence-corrected chi connectivity index (χ3v) is 3.93. The van der Waals surface area contributed by atoms with Gasteiger partial charge in [0, 0.05) is 21.8 Å². The van der Waals surface area contributed by atoms with E-state index in [9.17, 15) is 0 Å². The Hall–Kier alpha value is -1.97. The minimum Gasteiger partial charge on any atom is -0.411 e. The minimum absolute atomic E-state index is 0.488. The normalized spacial score (nSPS) is 15.5. The van der Waals surface area contributed by atoms with Crippen molar-refractivity contribution in [3.8, 4) is 0 Å². The van der Waals surface area contributed by atoms with Gasteiger partial charge >= 0.3 is 0 Å². The van der Waals surface area contributed by atoms with Gasteiger partial charge in [-0.3, -0.25) is 0 Å². The summed E-state index contributed by atoms with van der Waals surface area (Å²) in [7, 11) is 0. The van der Waals surface area contributed by atoms with Gasteiger partial charge < -0.3 is 10.6 Å². The van der Waals surface area contributed by atoms with Crippen molar-refractivity contribution in [2.45, 2.75) is 12.8 Å². The van der Waals surface area contributed by atoms with Gasteiger partial charge in [0.25, 0.3) is 0 Å². The molecule has 1 saturated carbocycles. The highest BCUT2D eigenvalue weighted by Crippen LogP contribution is 2.45. The molecule has 0 radical (unpaired) electrons. The highest BCUT2D eigenvalue weighted by atomic mass is 35.5. The van der Waals surface area contributed by atoms with E-state index >= 15 is 0 Å². The maximum absolute atomic E-state index is 5.97.